The summed E-state index contributed by atoms with van der Waals surface area (Å²) in [6, 6.07) is 2.08. The van der Waals surface area contributed by atoms with Crippen molar-refractivity contribution in [2.75, 3.05) is 24.5 Å². The van der Waals surface area contributed by atoms with E-state index in [1.807, 2.05) is 45.8 Å². The molecule has 0 bridgehead atoms. The third-order valence-corrected chi connectivity index (χ3v) is 4.41. The van der Waals surface area contributed by atoms with E-state index in [1.165, 1.54) is 6.20 Å². The summed E-state index contributed by atoms with van der Waals surface area (Å²) in [4.78, 5) is 25.1. The van der Waals surface area contributed by atoms with Crippen LogP contribution < -0.4 is 4.90 Å². The van der Waals surface area contributed by atoms with Crippen LogP contribution in [-0.2, 0) is 11.8 Å². The first-order valence-electron chi connectivity index (χ1n) is 9.18. The van der Waals surface area contributed by atoms with E-state index >= 15 is 0 Å². The summed E-state index contributed by atoms with van der Waals surface area (Å²) in [6.07, 6.45) is 4.72. The number of carbonyl (C=O) groups excluding carboxylic acids is 1. The molecule has 9 nitrogen and oxygen atoms in total. The minimum atomic E-state index is -0.525. The highest BCUT2D eigenvalue weighted by Crippen LogP contribution is 2.24. The Morgan fingerprint density at radius 3 is 2.64 bits per heavy atom. The van der Waals surface area contributed by atoms with Gasteiger partial charge in [-0.25, -0.2) is 14.8 Å². The third kappa shape index (κ3) is 4.22. The third-order valence-electron chi connectivity index (χ3n) is 4.41. The first-order valence-corrected chi connectivity index (χ1v) is 9.18. The van der Waals surface area contributed by atoms with Crippen molar-refractivity contribution in [3.63, 3.8) is 0 Å². The van der Waals surface area contributed by atoms with Gasteiger partial charge in [-0.05, 0) is 27.7 Å². The number of hydrogen-bond donors (Lipinski definition) is 0. The molecular weight excluding hydrogens is 358 g/mol. The Balaban J connectivity index is 1.79. The van der Waals surface area contributed by atoms with Crippen molar-refractivity contribution in [1.29, 1.82) is 5.26 Å². The maximum Gasteiger partial charge on any atom is 0.410 e. The molecule has 1 fully saturated rings. The van der Waals surface area contributed by atoms with Crippen LogP contribution in [0.3, 0.4) is 0 Å². The molecule has 9 heteroatoms. The average molecular weight is 383 g/mol. The lowest BCUT2D eigenvalue weighted by Crippen LogP contribution is -2.55. The van der Waals surface area contributed by atoms with Gasteiger partial charge in [-0.2, -0.15) is 10.4 Å². The van der Waals surface area contributed by atoms with Gasteiger partial charge in [0.25, 0.3) is 0 Å². The fourth-order valence-electron chi connectivity index (χ4n) is 3.10. The van der Waals surface area contributed by atoms with Crippen molar-refractivity contribution in [3.8, 4) is 17.3 Å². The Morgan fingerprint density at radius 1 is 1.32 bits per heavy atom. The number of nitrogens with zero attached hydrogens (tertiary/aromatic N) is 7. The lowest BCUT2D eigenvalue weighted by Gasteiger charge is -2.40. The Bertz CT molecular complexity index is 910. The topological polar surface area (TPSA) is 100 Å². The van der Waals surface area contributed by atoms with Crippen molar-refractivity contribution in [3.05, 3.63) is 24.2 Å². The smallest absolute Gasteiger partial charge is 0.410 e. The Morgan fingerprint density at radius 2 is 2.07 bits per heavy atom. The second-order valence-corrected chi connectivity index (χ2v) is 7.92. The van der Waals surface area contributed by atoms with Crippen LogP contribution in [0, 0.1) is 11.3 Å². The number of ether oxygens (including phenoxy) is 1. The molecule has 0 spiro atoms. The molecule has 1 amide bonds. The summed E-state index contributed by atoms with van der Waals surface area (Å²) in [6.45, 7) is 9.23. The number of anilines is 1. The molecule has 1 atom stereocenters. The summed E-state index contributed by atoms with van der Waals surface area (Å²) in [7, 11) is 1.81. The van der Waals surface area contributed by atoms with Gasteiger partial charge in [0, 0.05) is 44.5 Å². The Kier molecular flexibility index (Phi) is 5.23. The fourth-order valence-corrected chi connectivity index (χ4v) is 3.10. The minimum absolute atomic E-state index is 0.0512. The first-order chi connectivity index (χ1) is 13.2. The zero-order valence-electron chi connectivity index (χ0n) is 16.9. The second-order valence-electron chi connectivity index (χ2n) is 7.92. The van der Waals surface area contributed by atoms with Gasteiger partial charge in [0.2, 0.25) is 5.95 Å². The Hall–Kier alpha value is -3.15. The molecule has 148 valence electrons. The second kappa shape index (κ2) is 7.46. The van der Waals surface area contributed by atoms with E-state index in [4.69, 9.17) is 4.74 Å². The van der Waals surface area contributed by atoms with Crippen LogP contribution >= 0.6 is 0 Å². The fraction of sp³-hybridized carbons (Fsp3) is 0.526. The normalized spacial score (nSPS) is 17.4. The number of hydrogen-bond acceptors (Lipinski definition) is 7. The first kappa shape index (κ1) is 19.6. The largest absolute Gasteiger partial charge is 0.444 e. The number of amides is 1. The maximum absolute atomic E-state index is 12.4. The van der Waals surface area contributed by atoms with Gasteiger partial charge < -0.3 is 14.5 Å². The molecule has 0 radical (unpaired) electrons. The standard InChI is InChI=1S/C19H25N7O2/c1-13-11-25(6-7-26(13)18(27)28-19(2,3)4)17-21-9-14(8-20)16(23-17)15-10-22-24(5)12-15/h9-10,12-13H,6-7,11H2,1-5H3. The number of carbonyl (C=O) groups is 1. The zero-order chi connectivity index (χ0) is 20.5. The summed E-state index contributed by atoms with van der Waals surface area (Å²) < 4.78 is 7.16. The van der Waals surface area contributed by atoms with E-state index in [1.54, 1.807) is 15.8 Å². The number of piperazine rings is 1. The van der Waals surface area contributed by atoms with Crippen molar-refractivity contribution >= 4 is 12.0 Å². The molecule has 1 aliphatic heterocycles. The van der Waals surface area contributed by atoms with Gasteiger partial charge in [0.1, 0.15) is 11.7 Å². The summed E-state index contributed by atoms with van der Waals surface area (Å²) in [5, 5.41) is 13.5. The lowest BCUT2D eigenvalue weighted by molar-refractivity contribution is 0.0158. The van der Waals surface area contributed by atoms with E-state index in [0.717, 1.165) is 5.56 Å². The highest BCUT2D eigenvalue weighted by atomic mass is 16.6. The molecule has 2 aromatic heterocycles. The molecule has 0 aromatic carbocycles. The van der Waals surface area contributed by atoms with Crippen LogP contribution in [0.4, 0.5) is 10.7 Å². The van der Waals surface area contributed by atoms with Gasteiger partial charge in [-0.3, -0.25) is 4.68 Å². The molecule has 2 aromatic rings. The summed E-state index contributed by atoms with van der Waals surface area (Å²) in [5.41, 5.74) is 1.20. The number of rotatable bonds is 2. The van der Waals surface area contributed by atoms with Gasteiger partial charge in [0.15, 0.2) is 0 Å². The summed E-state index contributed by atoms with van der Waals surface area (Å²) in [5.74, 6) is 0.536. The van der Waals surface area contributed by atoms with Crippen LogP contribution in [0.1, 0.15) is 33.3 Å². The molecule has 28 heavy (non-hydrogen) atoms. The SMILES string of the molecule is CC1CN(c2ncc(C#N)c(-c3cnn(C)c3)n2)CCN1C(=O)OC(C)(C)C. The predicted octanol–water partition coefficient (Wildman–Crippen LogP) is 2.19. The van der Waals surface area contributed by atoms with Crippen molar-refractivity contribution in [2.24, 2.45) is 7.05 Å². The predicted molar refractivity (Wildman–Crippen MR) is 104 cm³/mol. The highest BCUT2D eigenvalue weighted by molar-refractivity contribution is 5.69. The Labute approximate surface area is 164 Å². The maximum atomic E-state index is 12.4. The molecular formula is C19H25N7O2. The highest BCUT2D eigenvalue weighted by Gasteiger charge is 2.32. The van der Waals surface area contributed by atoms with E-state index < -0.39 is 5.60 Å². The van der Waals surface area contributed by atoms with Crippen LogP contribution in [0.15, 0.2) is 18.6 Å². The molecule has 1 aliphatic rings. The van der Waals surface area contributed by atoms with E-state index in [2.05, 4.69) is 21.1 Å². The van der Waals surface area contributed by atoms with Gasteiger partial charge in [-0.15, -0.1) is 0 Å². The molecule has 0 saturated carbocycles. The zero-order valence-corrected chi connectivity index (χ0v) is 16.9. The van der Waals surface area contributed by atoms with E-state index in [9.17, 15) is 10.1 Å². The number of aryl methyl sites for hydroxylation is 1. The van der Waals surface area contributed by atoms with Gasteiger partial charge in [0.05, 0.1) is 23.7 Å². The summed E-state index contributed by atoms with van der Waals surface area (Å²) >= 11 is 0. The van der Waals surface area contributed by atoms with Crippen LogP contribution in [0.5, 0.6) is 0 Å². The molecule has 1 saturated heterocycles. The lowest BCUT2D eigenvalue weighted by atomic mass is 10.1. The molecule has 0 aliphatic carbocycles. The number of nitriles is 1. The monoisotopic (exact) mass is 383 g/mol. The molecule has 0 N–H and O–H groups in total. The van der Waals surface area contributed by atoms with Crippen LogP contribution in [0.2, 0.25) is 0 Å². The van der Waals surface area contributed by atoms with E-state index in [0.29, 0.717) is 36.8 Å². The molecule has 1 unspecified atom stereocenters. The van der Waals surface area contributed by atoms with Crippen molar-refractivity contribution in [2.45, 2.75) is 39.3 Å². The average Bonchev–Trinajstić information content (AvgIpc) is 3.05. The minimum Gasteiger partial charge on any atom is -0.444 e. The van der Waals surface area contributed by atoms with Gasteiger partial charge >= 0.3 is 6.09 Å². The van der Waals surface area contributed by atoms with Crippen LogP contribution in [-0.4, -0.2) is 62.0 Å². The molecule has 3 heterocycles. The quantitative estimate of drug-likeness (QED) is 0.783. The van der Waals surface area contributed by atoms with Crippen molar-refractivity contribution < 1.29 is 9.53 Å². The number of aromatic nitrogens is 4. The van der Waals surface area contributed by atoms with Gasteiger partial charge in [-0.1, -0.05) is 0 Å². The van der Waals surface area contributed by atoms with Crippen molar-refractivity contribution in [1.82, 2.24) is 24.6 Å². The molecule has 3 rings (SSSR count). The van der Waals surface area contributed by atoms with Crippen LogP contribution in [0.25, 0.3) is 11.3 Å². The van der Waals surface area contributed by atoms with E-state index in [-0.39, 0.29) is 12.1 Å².